The predicted molar refractivity (Wildman–Crippen MR) is 40.2 cm³/mol. The summed E-state index contributed by atoms with van der Waals surface area (Å²) in [7, 11) is 0. The molecule has 0 bridgehead atoms. The smallest absolute Gasteiger partial charge is 0.304 e. The largest absolute Gasteiger partial charge is 0.481 e. The first-order valence-electron chi connectivity index (χ1n) is 2.86. The lowest BCUT2D eigenvalue weighted by molar-refractivity contribution is -0.136. The molecule has 0 atom stereocenters. The summed E-state index contributed by atoms with van der Waals surface area (Å²) in [5.74, 6) is 0.383. The van der Waals surface area contributed by atoms with Crippen molar-refractivity contribution in [2.45, 2.75) is 6.42 Å². The molecule has 0 aromatic rings. The summed E-state index contributed by atoms with van der Waals surface area (Å²) in [6.45, 7) is 0.268. The Hall–Kier alpha value is -0.580. The molecule has 0 amide bonds. The third kappa shape index (κ3) is 7.42. The van der Waals surface area contributed by atoms with Crippen molar-refractivity contribution in [2.24, 2.45) is 5.18 Å². The van der Waals surface area contributed by atoms with Crippen LogP contribution in [0.25, 0.3) is 0 Å². The van der Waals surface area contributed by atoms with Crippen molar-refractivity contribution >= 4 is 17.7 Å². The third-order valence-corrected chi connectivity index (χ3v) is 1.75. The van der Waals surface area contributed by atoms with Gasteiger partial charge in [-0.1, -0.05) is 5.18 Å². The molecule has 0 spiro atoms. The van der Waals surface area contributed by atoms with Gasteiger partial charge in [-0.05, 0) is 0 Å². The number of carbonyl (C=O) groups is 1. The molecule has 0 aliphatic heterocycles. The highest BCUT2D eigenvalue weighted by Crippen LogP contribution is 2.01. The van der Waals surface area contributed by atoms with Gasteiger partial charge in [0.15, 0.2) is 0 Å². The fourth-order valence-corrected chi connectivity index (χ4v) is 1.09. The molecular weight excluding hydrogens is 154 g/mol. The molecule has 1 N–H and O–H groups in total. The Balaban J connectivity index is 2.90. The first-order chi connectivity index (χ1) is 4.77. The van der Waals surface area contributed by atoms with E-state index in [9.17, 15) is 9.70 Å². The fraction of sp³-hybridized carbons (Fsp3) is 0.800. The van der Waals surface area contributed by atoms with Crippen LogP contribution in [0.4, 0.5) is 0 Å². The summed E-state index contributed by atoms with van der Waals surface area (Å²) in [6, 6.07) is 0. The van der Waals surface area contributed by atoms with Gasteiger partial charge in [0.2, 0.25) is 0 Å². The molecular formula is C5H9NO3S. The van der Waals surface area contributed by atoms with E-state index in [1.165, 1.54) is 11.8 Å². The van der Waals surface area contributed by atoms with Crippen molar-refractivity contribution in [3.05, 3.63) is 4.91 Å². The van der Waals surface area contributed by atoms with E-state index in [0.717, 1.165) is 0 Å². The highest BCUT2D eigenvalue weighted by atomic mass is 32.2. The maximum absolute atomic E-state index is 9.93. The van der Waals surface area contributed by atoms with Crippen molar-refractivity contribution in [1.29, 1.82) is 0 Å². The van der Waals surface area contributed by atoms with E-state index in [2.05, 4.69) is 5.18 Å². The lowest BCUT2D eigenvalue weighted by atomic mass is 10.5. The standard InChI is InChI=1S/C5H9NO3S/c7-5(8)1-3-10-4-2-6-9/h1-4H2,(H,7,8). The average molecular weight is 163 g/mol. The van der Waals surface area contributed by atoms with Crippen LogP contribution in [0.3, 0.4) is 0 Å². The molecule has 0 aromatic heterocycles. The Bertz CT molecular complexity index is 117. The van der Waals surface area contributed by atoms with Crippen LogP contribution in [-0.2, 0) is 4.79 Å². The van der Waals surface area contributed by atoms with Crippen molar-refractivity contribution in [3.8, 4) is 0 Å². The number of thioether (sulfide) groups is 1. The fourth-order valence-electron chi connectivity index (χ4n) is 0.363. The maximum Gasteiger partial charge on any atom is 0.304 e. The zero-order valence-electron chi connectivity index (χ0n) is 5.45. The summed E-state index contributed by atoms with van der Waals surface area (Å²) in [6.07, 6.45) is 0.156. The van der Waals surface area contributed by atoms with Gasteiger partial charge in [0.1, 0.15) is 0 Å². The minimum absolute atomic E-state index is 0.156. The maximum atomic E-state index is 9.93. The molecule has 0 aliphatic rings. The van der Waals surface area contributed by atoms with E-state index in [4.69, 9.17) is 5.11 Å². The van der Waals surface area contributed by atoms with Gasteiger partial charge in [0.25, 0.3) is 0 Å². The number of carboxylic acids is 1. The van der Waals surface area contributed by atoms with Crippen LogP contribution in [0.1, 0.15) is 6.42 Å². The molecule has 0 radical (unpaired) electrons. The molecule has 0 aliphatic carbocycles. The molecule has 0 saturated heterocycles. The molecule has 0 unspecified atom stereocenters. The Labute approximate surface area is 63.0 Å². The van der Waals surface area contributed by atoms with E-state index < -0.39 is 5.97 Å². The number of nitrogens with zero attached hydrogens (tertiary/aromatic N) is 1. The Morgan fingerprint density at radius 1 is 1.50 bits per heavy atom. The van der Waals surface area contributed by atoms with Crippen LogP contribution in [-0.4, -0.2) is 29.1 Å². The van der Waals surface area contributed by atoms with E-state index in [-0.39, 0.29) is 13.0 Å². The van der Waals surface area contributed by atoms with Gasteiger partial charge in [-0.2, -0.15) is 16.7 Å². The number of aliphatic carboxylic acids is 1. The first-order valence-corrected chi connectivity index (χ1v) is 4.01. The van der Waals surface area contributed by atoms with Gasteiger partial charge in [-0.15, -0.1) is 0 Å². The van der Waals surface area contributed by atoms with Gasteiger partial charge in [0, 0.05) is 11.5 Å². The van der Waals surface area contributed by atoms with Crippen LogP contribution in [0.15, 0.2) is 5.18 Å². The lowest BCUT2D eigenvalue weighted by Gasteiger charge is -1.92. The van der Waals surface area contributed by atoms with Gasteiger partial charge in [-0.3, -0.25) is 4.79 Å². The van der Waals surface area contributed by atoms with Gasteiger partial charge in [-0.25, -0.2) is 0 Å². The second-order valence-electron chi connectivity index (χ2n) is 1.61. The van der Waals surface area contributed by atoms with Crippen LogP contribution < -0.4 is 0 Å². The number of hydrogen-bond donors (Lipinski definition) is 1. The van der Waals surface area contributed by atoms with Crippen LogP contribution in [0, 0.1) is 4.91 Å². The molecule has 0 heterocycles. The predicted octanol–water partition coefficient (Wildman–Crippen LogP) is 0.961. The summed E-state index contributed by atoms with van der Waals surface area (Å²) in [4.78, 5) is 19.5. The van der Waals surface area contributed by atoms with Crippen molar-refractivity contribution in [2.75, 3.05) is 18.1 Å². The molecule has 0 saturated carbocycles. The van der Waals surface area contributed by atoms with Crippen molar-refractivity contribution < 1.29 is 9.90 Å². The van der Waals surface area contributed by atoms with Crippen LogP contribution in [0.2, 0.25) is 0 Å². The van der Waals surface area contributed by atoms with E-state index in [1.54, 1.807) is 0 Å². The second kappa shape index (κ2) is 6.54. The SMILES string of the molecule is O=NCCSCCC(=O)O. The molecule has 4 nitrogen and oxygen atoms in total. The molecule has 58 valence electrons. The van der Waals surface area contributed by atoms with Gasteiger partial charge in [0.05, 0.1) is 13.0 Å². The van der Waals surface area contributed by atoms with E-state index in [0.29, 0.717) is 11.5 Å². The molecule has 0 fully saturated rings. The topological polar surface area (TPSA) is 66.7 Å². The van der Waals surface area contributed by atoms with Crippen molar-refractivity contribution in [1.82, 2.24) is 0 Å². The van der Waals surface area contributed by atoms with Gasteiger partial charge >= 0.3 is 5.97 Å². The molecule has 0 rings (SSSR count). The second-order valence-corrected chi connectivity index (χ2v) is 2.83. The normalized spacial score (nSPS) is 9.20. The lowest BCUT2D eigenvalue weighted by Crippen LogP contribution is -1.97. The Morgan fingerprint density at radius 2 is 2.20 bits per heavy atom. The summed E-state index contributed by atoms with van der Waals surface area (Å²) < 4.78 is 0. The zero-order valence-corrected chi connectivity index (χ0v) is 6.26. The Kier molecular flexibility index (Phi) is 6.16. The summed E-state index contributed by atoms with van der Waals surface area (Å²) in [5.41, 5.74) is 0. The molecule has 5 heteroatoms. The quantitative estimate of drug-likeness (QED) is 0.468. The minimum Gasteiger partial charge on any atom is -0.481 e. The summed E-state index contributed by atoms with van der Waals surface area (Å²) >= 11 is 1.43. The van der Waals surface area contributed by atoms with E-state index >= 15 is 0 Å². The Morgan fingerprint density at radius 3 is 2.70 bits per heavy atom. The molecule has 10 heavy (non-hydrogen) atoms. The van der Waals surface area contributed by atoms with Gasteiger partial charge < -0.3 is 5.11 Å². The van der Waals surface area contributed by atoms with Crippen LogP contribution >= 0.6 is 11.8 Å². The number of carboxylic acid groups (broad SMARTS) is 1. The highest BCUT2D eigenvalue weighted by molar-refractivity contribution is 7.99. The third-order valence-electron chi connectivity index (χ3n) is 0.787. The summed E-state index contributed by atoms with van der Waals surface area (Å²) in [5, 5.41) is 10.8. The monoisotopic (exact) mass is 163 g/mol. The highest BCUT2D eigenvalue weighted by Gasteiger charge is 1.95. The average Bonchev–Trinajstić information content (AvgIpc) is 1.87. The number of rotatable bonds is 6. The van der Waals surface area contributed by atoms with Crippen LogP contribution in [0.5, 0.6) is 0 Å². The number of hydrogen-bond acceptors (Lipinski definition) is 4. The zero-order chi connectivity index (χ0) is 7.82. The first kappa shape index (κ1) is 9.42. The molecule has 0 aromatic carbocycles. The minimum atomic E-state index is -0.799. The van der Waals surface area contributed by atoms with E-state index in [1.807, 2.05) is 0 Å². The number of nitroso groups, excluding NO2 is 1. The van der Waals surface area contributed by atoms with Crippen molar-refractivity contribution in [3.63, 3.8) is 0 Å².